The summed E-state index contributed by atoms with van der Waals surface area (Å²) in [6.45, 7) is 0.688. The topological polar surface area (TPSA) is 21.3 Å². The van der Waals surface area contributed by atoms with E-state index in [0.717, 1.165) is 5.56 Å². The van der Waals surface area contributed by atoms with E-state index in [1.807, 2.05) is 36.4 Å². The Bertz CT molecular complexity index is 552. The molecule has 3 heteroatoms. The molecule has 0 aliphatic heterocycles. The molecule has 2 nitrogen and oxygen atoms in total. The maximum absolute atomic E-state index is 13.6. The number of rotatable bonds is 5. The fourth-order valence-electron chi connectivity index (χ4n) is 1.96. The van der Waals surface area contributed by atoms with Gasteiger partial charge in [-0.1, -0.05) is 18.2 Å². The third kappa shape index (κ3) is 3.55. The Hall–Kier alpha value is -1.87. The third-order valence-electron chi connectivity index (χ3n) is 3.08. The van der Waals surface area contributed by atoms with Crippen molar-refractivity contribution in [3.63, 3.8) is 0 Å². The van der Waals surface area contributed by atoms with Crippen LogP contribution in [0.1, 0.15) is 18.4 Å². The molecule has 2 aromatic rings. The van der Waals surface area contributed by atoms with Gasteiger partial charge in [-0.15, -0.1) is 0 Å². The van der Waals surface area contributed by atoms with Crippen molar-refractivity contribution >= 4 is 0 Å². The zero-order valence-electron chi connectivity index (χ0n) is 10.6. The first-order valence-corrected chi connectivity index (χ1v) is 6.55. The summed E-state index contributed by atoms with van der Waals surface area (Å²) < 4.78 is 19.2. The van der Waals surface area contributed by atoms with Crippen LogP contribution >= 0.6 is 0 Å². The molecule has 0 aromatic heterocycles. The monoisotopic (exact) mass is 257 g/mol. The molecular weight excluding hydrogens is 241 g/mol. The van der Waals surface area contributed by atoms with Gasteiger partial charge >= 0.3 is 0 Å². The number of ether oxygens (including phenoxy) is 1. The van der Waals surface area contributed by atoms with E-state index in [1.54, 1.807) is 6.07 Å². The van der Waals surface area contributed by atoms with E-state index in [9.17, 15) is 4.39 Å². The molecule has 1 saturated carbocycles. The van der Waals surface area contributed by atoms with E-state index in [4.69, 9.17) is 4.74 Å². The largest absolute Gasteiger partial charge is 0.457 e. The predicted molar refractivity (Wildman–Crippen MR) is 72.8 cm³/mol. The predicted octanol–water partition coefficient (Wildman–Crippen LogP) is 3.87. The Morgan fingerprint density at radius 2 is 1.84 bits per heavy atom. The summed E-state index contributed by atoms with van der Waals surface area (Å²) in [6.07, 6.45) is 2.45. The fraction of sp³-hybridized carbons (Fsp3) is 0.250. The lowest BCUT2D eigenvalue weighted by molar-refractivity contribution is 0.475. The van der Waals surface area contributed by atoms with E-state index in [2.05, 4.69) is 5.32 Å². The van der Waals surface area contributed by atoms with Gasteiger partial charge in [0.2, 0.25) is 0 Å². The van der Waals surface area contributed by atoms with E-state index < -0.39 is 0 Å². The van der Waals surface area contributed by atoms with Gasteiger partial charge in [0.1, 0.15) is 17.3 Å². The van der Waals surface area contributed by atoms with E-state index in [1.165, 1.54) is 18.9 Å². The van der Waals surface area contributed by atoms with Gasteiger partial charge in [0.05, 0.1) is 0 Å². The first-order valence-electron chi connectivity index (χ1n) is 6.55. The van der Waals surface area contributed by atoms with E-state index in [0.29, 0.717) is 24.1 Å². The number of hydrogen-bond acceptors (Lipinski definition) is 2. The maximum atomic E-state index is 13.6. The zero-order valence-corrected chi connectivity index (χ0v) is 10.6. The van der Waals surface area contributed by atoms with E-state index in [-0.39, 0.29) is 5.82 Å². The quantitative estimate of drug-likeness (QED) is 0.878. The van der Waals surface area contributed by atoms with Gasteiger partial charge in [-0.2, -0.15) is 0 Å². The van der Waals surface area contributed by atoms with Gasteiger partial charge in [-0.05, 0) is 42.7 Å². The van der Waals surface area contributed by atoms with Crippen LogP contribution in [0.4, 0.5) is 4.39 Å². The molecule has 0 heterocycles. The van der Waals surface area contributed by atoms with Crippen molar-refractivity contribution in [3.8, 4) is 11.5 Å². The molecule has 1 fully saturated rings. The molecule has 1 aliphatic rings. The van der Waals surface area contributed by atoms with Crippen LogP contribution in [0.2, 0.25) is 0 Å². The highest BCUT2D eigenvalue weighted by Gasteiger charge is 2.20. The van der Waals surface area contributed by atoms with Crippen LogP contribution in [0.3, 0.4) is 0 Å². The minimum atomic E-state index is -0.263. The molecule has 3 rings (SSSR count). The number of para-hydroxylation sites is 1. The molecule has 0 bridgehead atoms. The number of nitrogens with one attached hydrogen (secondary N) is 1. The molecule has 0 radical (unpaired) electrons. The Morgan fingerprint density at radius 1 is 1.05 bits per heavy atom. The number of hydrogen-bond donors (Lipinski definition) is 1. The van der Waals surface area contributed by atoms with Gasteiger partial charge in [-0.25, -0.2) is 4.39 Å². The second-order valence-electron chi connectivity index (χ2n) is 4.87. The Morgan fingerprint density at radius 3 is 2.58 bits per heavy atom. The molecule has 0 unspecified atom stereocenters. The SMILES string of the molecule is Fc1cc(CNC2CC2)cc(Oc2ccccc2)c1. The van der Waals surface area contributed by atoms with Crippen LogP contribution in [-0.4, -0.2) is 6.04 Å². The smallest absolute Gasteiger partial charge is 0.130 e. The third-order valence-corrected chi connectivity index (χ3v) is 3.08. The molecule has 1 N–H and O–H groups in total. The van der Waals surface area contributed by atoms with Crippen molar-refractivity contribution in [1.29, 1.82) is 0 Å². The molecule has 0 atom stereocenters. The Kier molecular flexibility index (Phi) is 3.47. The van der Waals surface area contributed by atoms with Crippen molar-refractivity contribution in [1.82, 2.24) is 5.32 Å². The van der Waals surface area contributed by atoms with Crippen molar-refractivity contribution in [2.45, 2.75) is 25.4 Å². The molecule has 0 amide bonds. The van der Waals surface area contributed by atoms with Crippen LogP contribution in [0.5, 0.6) is 11.5 Å². The maximum Gasteiger partial charge on any atom is 0.130 e. The fourth-order valence-corrected chi connectivity index (χ4v) is 1.96. The van der Waals surface area contributed by atoms with Crippen LogP contribution in [0.25, 0.3) is 0 Å². The molecule has 1 aliphatic carbocycles. The first kappa shape index (κ1) is 12.2. The second-order valence-corrected chi connectivity index (χ2v) is 4.87. The zero-order chi connectivity index (χ0) is 13.1. The molecule has 2 aromatic carbocycles. The van der Waals surface area contributed by atoms with Gasteiger partial charge in [0, 0.05) is 18.7 Å². The summed E-state index contributed by atoms with van der Waals surface area (Å²) in [5.41, 5.74) is 0.915. The normalized spacial score (nSPS) is 14.4. The van der Waals surface area contributed by atoms with Gasteiger partial charge in [-0.3, -0.25) is 0 Å². The van der Waals surface area contributed by atoms with Crippen LogP contribution in [0.15, 0.2) is 48.5 Å². The Balaban J connectivity index is 1.72. The molecule has 0 saturated heterocycles. The standard InChI is InChI=1S/C16H16FNO/c17-13-8-12(11-18-14-6-7-14)9-16(10-13)19-15-4-2-1-3-5-15/h1-5,8-10,14,18H,6-7,11H2. The van der Waals surface area contributed by atoms with Crippen LogP contribution in [-0.2, 0) is 6.54 Å². The van der Waals surface area contributed by atoms with Crippen molar-refractivity contribution < 1.29 is 9.13 Å². The number of benzene rings is 2. The van der Waals surface area contributed by atoms with Crippen LogP contribution < -0.4 is 10.1 Å². The minimum Gasteiger partial charge on any atom is -0.457 e. The number of halogens is 1. The summed E-state index contributed by atoms with van der Waals surface area (Å²) in [7, 11) is 0. The highest BCUT2D eigenvalue weighted by Crippen LogP contribution is 2.24. The van der Waals surface area contributed by atoms with Crippen molar-refractivity contribution in [2.75, 3.05) is 0 Å². The average Bonchev–Trinajstić information content (AvgIpc) is 3.21. The lowest BCUT2D eigenvalue weighted by atomic mass is 10.2. The summed E-state index contributed by atoms with van der Waals surface area (Å²) in [4.78, 5) is 0. The van der Waals surface area contributed by atoms with Gasteiger partial charge in [0.25, 0.3) is 0 Å². The summed E-state index contributed by atoms with van der Waals surface area (Å²) in [5.74, 6) is 0.994. The Labute approximate surface area is 112 Å². The average molecular weight is 257 g/mol. The molecule has 19 heavy (non-hydrogen) atoms. The highest BCUT2D eigenvalue weighted by molar-refractivity contribution is 5.34. The van der Waals surface area contributed by atoms with Gasteiger partial charge in [0.15, 0.2) is 0 Å². The minimum absolute atomic E-state index is 0.263. The second kappa shape index (κ2) is 5.41. The molecule has 0 spiro atoms. The summed E-state index contributed by atoms with van der Waals surface area (Å²) in [5, 5.41) is 3.37. The van der Waals surface area contributed by atoms with Crippen molar-refractivity contribution in [2.24, 2.45) is 0 Å². The van der Waals surface area contributed by atoms with E-state index >= 15 is 0 Å². The molecular formula is C16H16FNO. The first-order chi connectivity index (χ1) is 9.29. The van der Waals surface area contributed by atoms with Gasteiger partial charge < -0.3 is 10.1 Å². The van der Waals surface area contributed by atoms with Crippen molar-refractivity contribution in [3.05, 3.63) is 59.9 Å². The lowest BCUT2D eigenvalue weighted by Crippen LogP contribution is -2.15. The molecule has 98 valence electrons. The highest BCUT2D eigenvalue weighted by atomic mass is 19.1. The summed E-state index contributed by atoms with van der Waals surface area (Å²) >= 11 is 0. The lowest BCUT2D eigenvalue weighted by Gasteiger charge is -2.09. The summed E-state index contributed by atoms with van der Waals surface area (Å²) in [6, 6.07) is 14.9. The van der Waals surface area contributed by atoms with Crippen LogP contribution in [0, 0.1) is 5.82 Å².